The van der Waals surface area contributed by atoms with Gasteiger partial charge in [-0.3, -0.25) is 4.55 Å². The minimum absolute atomic E-state index is 0.0262. The Bertz CT molecular complexity index is 887. The molecule has 0 aliphatic heterocycles. The fourth-order valence-electron chi connectivity index (χ4n) is 1.95. The van der Waals surface area contributed by atoms with E-state index in [1.165, 1.54) is 12.1 Å². The van der Waals surface area contributed by atoms with Crippen LogP contribution >= 0.6 is 22.6 Å². The van der Waals surface area contributed by atoms with Gasteiger partial charge in [0, 0.05) is 9.13 Å². The lowest BCUT2D eigenvalue weighted by Gasteiger charge is -2.12. The third kappa shape index (κ3) is 3.63. The number of rotatable bonds is 3. The maximum atomic E-state index is 13.6. The molecule has 2 rings (SSSR count). The summed E-state index contributed by atoms with van der Waals surface area (Å²) < 4.78 is 69.7. The van der Waals surface area contributed by atoms with E-state index >= 15 is 0 Å². The van der Waals surface area contributed by atoms with Crippen molar-refractivity contribution in [3.63, 3.8) is 0 Å². The number of nitrogens with two attached hydrogens (primary N) is 1. The molecule has 22 heavy (non-hydrogen) atoms. The highest BCUT2D eigenvalue weighted by Crippen LogP contribution is 2.34. The van der Waals surface area contributed by atoms with Crippen molar-refractivity contribution in [2.24, 2.45) is 5.14 Å². The number of halogens is 2. The summed E-state index contributed by atoms with van der Waals surface area (Å²) in [6, 6.07) is 6.73. The molecule has 2 aromatic carbocycles. The van der Waals surface area contributed by atoms with Crippen molar-refractivity contribution in [2.45, 2.75) is 9.79 Å². The van der Waals surface area contributed by atoms with Crippen molar-refractivity contribution >= 4 is 42.7 Å². The van der Waals surface area contributed by atoms with E-state index in [9.17, 15) is 25.8 Å². The first-order valence-corrected chi connectivity index (χ1v) is 9.66. The molecule has 0 atom stereocenters. The van der Waals surface area contributed by atoms with Crippen molar-refractivity contribution in [3.05, 3.63) is 45.8 Å². The summed E-state index contributed by atoms with van der Waals surface area (Å²) in [5.41, 5.74) is -0.397. The second-order valence-corrected chi connectivity index (χ2v) is 8.47. The van der Waals surface area contributed by atoms with E-state index in [4.69, 9.17) is 5.14 Å². The van der Waals surface area contributed by atoms with Gasteiger partial charge in [0.1, 0.15) is 10.7 Å². The van der Waals surface area contributed by atoms with Crippen LogP contribution in [0, 0.1) is 9.39 Å². The van der Waals surface area contributed by atoms with Gasteiger partial charge in [0.05, 0.1) is 4.90 Å². The van der Waals surface area contributed by atoms with E-state index in [1.54, 1.807) is 22.6 Å². The SMILES string of the molecule is NS(=O)(=O)c1cccc(S(=O)(=O)O)c1-c1cc(F)cc(I)c1. The number of sulfonamides is 1. The molecule has 0 heterocycles. The fraction of sp³-hybridized carbons (Fsp3) is 0. The van der Waals surface area contributed by atoms with E-state index in [1.807, 2.05) is 0 Å². The molecule has 10 heteroatoms. The molecule has 0 aliphatic carbocycles. The Morgan fingerprint density at radius 3 is 2.14 bits per heavy atom. The molecule has 0 amide bonds. The third-order valence-corrected chi connectivity index (χ3v) is 5.20. The molecule has 2 aromatic rings. The van der Waals surface area contributed by atoms with Crippen molar-refractivity contribution in [3.8, 4) is 11.1 Å². The molecule has 3 N–H and O–H groups in total. The van der Waals surface area contributed by atoms with Gasteiger partial charge in [0.2, 0.25) is 10.0 Å². The molecule has 0 radical (unpaired) electrons. The summed E-state index contributed by atoms with van der Waals surface area (Å²) in [6.45, 7) is 0. The fourth-order valence-corrected chi connectivity index (χ4v) is 4.16. The summed E-state index contributed by atoms with van der Waals surface area (Å²) in [7, 11) is -9.03. The Labute approximate surface area is 140 Å². The first-order valence-electron chi connectivity index (χ1n) is 5.60. The zero-order valence-corrected chi connectivity index (χ0v) is 14.5. The van der Waals surface area contributed by atoms with Crippen molar-refractivity contribution in [2.75, 3.05) is 0 Å². The van der Waals surface area contributed by atoms with E-state index in [-0.39, 0.29) is 11.1 Å². The van der Waals surface area contributed by atoms with Crippen LogP contribution in [0.3, 0.4) is 0 Å². The number of primary sulfonamides is 1. The smallest absolute Gasteiger partial charge is 0.282 e. The van der Waals surface area contributed by atoms with Crippen molar-refractivity contribution in [1.82, 2.24) is 0 Å². The highest BCUT2D eigenvalue weighted by Gasteiger charge is 2.25. The maximum absolute atomic E-state index is 13.6. The Kier molecular flexibility index (Phi) is 4.59. The minimum Gasteiger partial charge on any atom is -0.282 e. The van der Waals surface area contributed by atoms with Gasteiger partial charge in [-0.2, -0.15) is 8.42 Å². The van der Waals surface area contributed by atoms with Gasteiger partial charge >= 0.3 is 0 Å². The minimum atomic E-state index is -4.73. The van der Waals surface area contributed by atoms with E-state index in [0.717, 1.165) is 24.3 Å². The second kappa shape index (κ2) is 5.85. The quantitative estimate of drug-likeness (QED) is 0.541. The van der Waals surface area contributed by atoms with Gasteiger partial charge in [0.15, 0.2) is 0 Å². The molecule has 118 valence electrons. The van der Waals surface area contributed by atoms with Gasteiger partial charge in [-0.05, 0) is 58.5 Å². The predicted octanol–water partition coefficient (Wildman–Crippen LogP) is 1.99. The summed E-state index contributed by atoms with van der Waals surface area (Å²) in [4.78, 5) is -1.19. The standard InChI is InChI=1S/C12H9FINO5S2/c13-8-4-7(5-9(14)6-8)12-10(21(15,16)17)2-1-3-11(12)22(18,19)20/h1-6H,(H2,15,16,17)(H,18,19,20). The van der Waals surface area contributed by atoms with Crippen LogP contribution in [0.4, 0.5) is 4.39 Å². The summed E-state index contributed by atoms with van der Waals surface area (Å²) in [5.74, 6) is -0.688. The molecular formula is C12H9FINO5S2. The normalized spacial score (nSPS) is 12.4. The average Bonchev–Trinajstić information content (AvgIpc) is 2.34. The summed E-state index contributed by atoms with van der Waals surface area (Å²) in [5, 5.41) is 5.08. The van der Waals surface area contributed by atoms with Crippen LogP contribution in [0.25, 0.3) is 11.1 Å². The van der Waals surface area contributed by atoms with Crippen LogP contribution in [0.2, 0.25) is 0 Å². The zero-order valence-electron chi connectivity index (χ0n) is 10.7. The molecular weight excluding hydrogens is 448 g/mol. The molecule has 0 bridgehead atoms. The molecule has 0 spiro atoms. The van der Waals surface area contributed by atoms with Crippen LogP contribution in [0.5, 0.6) is 0 Å². The van der Waals surface area contributed by atoms with E-state index in [0.29, 0.717) is 3.57 Å². The number of benzene rings is 2. The zero-order chi connectivity index (χ0) is 16.7. The lowest BCUT2D eigenvalue weighted by atomic mass is 10.1. The van der Waals surface area contributed by atoms with Crippen LogP contribution in [0.1, 0.15) is 0 Å². The van der Waals surface area contributed by atoms with Crippen molar-refractivity contribution in [1.29, 1.82) is 0 Å². The Balaban J connectivity index is 2.99. The molecule has 0 fully saturated rings. The molecule has 0 unspecified atom stereocenters. The van der Waals surface area contributed by atoms with Gasteiger partial charge in [-0.1, -0.05) is 6.07 Å². The molecule has 0 saturated heterocycles. The van der Waals surface area contributed by atoms with Crippen LogP contribution in [-0.2, 0) is 20.1 Å². The Morgan fingerprint density at radius 1 is 1.05 bits per heavy atom. The number of hydrogen-bond donors (Lipinski definition) is 2. The summed E-state index contributed by atoms with van der Waals surface area (Å²) in [6.07, 6.45) is 0. The van der Waals surface area contributed by atoms with Gasteiger partial charge < -0.3 is 0 Å². The molecule has 6 nitrogen and oxygen atoms in total. The van der Waals surface area contributed by atoms with E-state index < -0.39 is 35.7 Å². The van der Waals surface area contributed by atoms with Crippen LogP contribution < -0.4 is 5.14 Å². The highest BCUT2D eigenvalue weighted by atomic mass is 127. The van der Waals surface area contributed by atoms with E-state index in [2.05, 4.69) is 0 Å². The number of hydrogen-bond acceptors (Lipinski definition) is 4. The first kappa shape index (κ1) is 17.3. The molecule has 0 saturated carbocycles. The lowest BCUT2D eigenvalue weighted by Crippen LogP contribution is -2.15. The average molecular weight is 457 g/mol. The predicted molar refractivity (Wildman–Crippen MR) is 85.7 cm³/mol. The van der Waals surface area contributed by atoms with Crippen LogP contribution in [0.15, 0.2) is 46.2 Å². The second-order valence-electron chi connectivity index (χ2n) is 4.31. The van der Waals surface area contributed by atoms with Gasteiger partial charge in [-0.15, -0.1) is 0 Å². The monoisotopic (exact) mass is 457 g/mol. The first-order chi connectivity index (χ1) is 10.00. The maximum Gasteiger partial charge on any atom is 0.295 e. The topological polar surface area (TPSA) is 115 Å². The highest BCUT2D eigenvalue weighted by molar-refractivity contribution is 14.1. The Hall–Kier alpha value is -1.08. The molecule has 0 aromatic heterocycles. The van der Waals surface area contributed by atoms with Gasteiger partial charge in [0.25, 0.3) is 10.1 Å². The third-order valence-electron chi connectivity index (χ3n) is 2.72. The van der Waals surface area contributed by atoms with Gasteiger partial charge in [-0.25, -0.2) is 17.9 Å². The lowest BCUT2D eigenvalue weighted by molar-refractivity contribution is 0.483. The van der Waals surface area contributed by atoms with Crippen LogP contribution in [-0.4, -0.2) is 21.4 Å². The molecule has 0 aliphatic rings. The summed E-state index contributed by atoms with van der Waals surface area (Å²) >= 11 is 1.79. The largest absolute Gasteiger partial charge is 0.295 e. The Morgan fingerprint density at radius 2 is 1.64 bits per heavy atom. The van der Waals surface area contributed by atoms with Crippen molar-refractivity contribution < 1.29 is 25.8 Å².